The van der Waals surface area contributed by atoms with Crippen LogP contribution in [0.25, 0.3) is 0 Å². The van der Waals surface area contributed by atoms with Crippen LogP contribution < -0.4 is 0 Å². The van der Waals surface area contributed by atoms with E-state index < -0.39 is 0 Å². The van der Waals surface area contributed by atoms with Crippen molar-refractivity contribution in [2.45, 2.75) is 0 Å². The summed E-state index contributed by atoms with van der Waals surface area (Å²) in [6.45, 7) is 0. The van der Waals surface area contributed by atoms with Gasteiger partial charge in [0.05, 0.1) is 11.4 Å². The predicted octanol–water partition coefficient (Wildman–Crippen LogP) is 5.24. The second-order valence-corrected chi connectivity index (χ2v) is 4.64. The number of nitrogens with zero attached hydrogens (tertiary/aromatic N) is 2. The molecule has 0 atom stereocenters. The van der Waals surface area contributed by atoms with E-state index in [1.54, 1.807) is 12.4 Å². The van der Waals surface area contributed by atoms with Crippen molar-refractivity contribution in [2.24, 2.45) is 9.98 Å². The monoisotopic (exact) mass is 492 g/mol. The van der Waals surface area contributed by atoms with Gasteiger partial charge in [0.25, 0.3) is 0 Å². The molecule has 0 aromatic heterocycles. The molecule has 3 aromatic carbocycles. The molecule has 0 fully saturated rings. The van der Waals surface area contributed by atoms with Crippen LogP contribution >= 0.6 is 0 Å². The third-order valence-electron chi connectivity index (χ3n) is 3.03. The van der Waals surface area contributed by atoms with E-state index in [1.807, 2.05) is 72.8 Å². The zero-order chi connectivity index (χ0) is 15.0. The smallest absolute Gasteiger partial charge is 0.0762 e. The van der Waals surface area contributed by atoms with Crippen molar-refractivity contribution in [3.05, 3.63) is 103 Å². The Morgan fingerprint density at radius 3 is 1.42 bits per heavy atom. The molecule has 3 rings (SSSR count). The standard InChI is InChI=1S/C20H14N2.CH3.Pt/c1-3-9-17(10-4-1)15-21-19-13-7-8-14-20(19)22-16-18-11-5-2-6-12-18;;/h1-9,11,13-16H;1H3;/q-2;-1;. The van der Waals surface area contributed by atoms with E-state index in [0.29, 0.717) is 0 Å². The maximum atomic E-state index is 4.51. The van der Waals surface area contributed by atoms with Gasteiger partial charge in [-0.2, -0.15) is 0 Å². The molecule has 0 bridgehead atoms. The molecule has 0 unspecified atom stereocenters. The van der Waals surface area contributed by atoms with Gasteiger partial charge in [0.2, 0.25) is 0 Å². The van der Waals surface area contributed by atoms with Gasteiger partial charge in [-0.25, -0.2) is 0 Å². The maximum absolute atomic E-state index is 4.51. The van der Waals surface area contributed by atoms with E-state index in [-0.39, 0.29) is 28.5 Å². The Kier molecular flexibility index (Phi) is 8.60. The molecule has 0 aliphatic carbocycles. The molecule has 0 N–H and O–H groups in total. The van der Waals surface area contributed by atoms with Gasteiger partial charge in [-0.1, -0.05) is 12.1 Å². The summed E-state index contributed by atoms with van der Waals surface area (Å²) >= 11 is 0. The van der Waals surface area contributed by atoms with Crippen molar-refractivity contribution in [2.75, 3.05) is 0 Å². The maximum Gasteiger partial charge on any atom is 0.0762 e. The van der Waals surface area contributed by atoms with Crippen LogP contribution in [0.4, 0.5) is 11.4 Å². The molecule has 24 heavy (non-hydrogen) atoms. The SMILES string of the molecule is [CH3-].[Pt].[c-]1ccccc1C=Nc1ccccc1N=Cc1[c-]cccc1. The molecule has 3 heteroatoms. The molecule has 0 saturated heterocycles. The number of para-hydroxylation sites is 2. The Balaban J connectivity index is 0.00000144. The zero-order valence-corrected chi connectivity index (χ0v) is 15.6. The molecule has 3 aromatic rings. The molecular weight excluding hydrogens is 475 g/mol. The number of aliphatic imine (C=N–C) groups is 2. The summed E-state index contributed by atoms with van der Waals surface area (Å²) in [5.41, 5.74) is 3.54. The van der Waals surface area contributed by atoms with Crippen molar-refractivity contribution < 1.29 is 21.1 Å². The van der Waals surface area contributed by atoms with Crippen molar-refractivity contribution in [1.29, 1.82) is 0 Å². The van der Waals surface area contributed by atoms with Gasteiger partial charge in [-0.3, -0.25) is 0 Å². The van der Waals surface area contributed by atoms with Crippen LogP contribution in [-0.4, -0.2) is 12.4 Å². The first kappa shape index (κ1) is 19.7. The minimum Gasteiger partial charge on any atom is -0.358 e. The molecule has 124 valence electrons. The van der Waals surface area contributed by atoms with Crippen molar-refractivity contribution in [3.63, 3.8) is 0 Å². The second kappa shape index (κ2) is 10.5. The first-order chi connectivity index (χ1) is 10.9. The normalized spacial score (nSPS) is 10.3. The van der Waals surface area contributed by atoms with Crippen LogP contribution in [0.15, 0.2) is 82.8 Å². The number of benzene rings is 3. The summed E-state index contributed by atoms with van der Waals surface area (Å²) in [4.78, 5) is 9.02. The molecular formula is C21H17N2Pt-3. The third-order valence-corrected chi connectivity index (χ3v) is 3.03. The Morgan fingerprint density at radius 2 is 1.04 bits per heavy atom. The van der Waals surface area contributed by atoms with Gasteiger partial charge < -0.3 is 17.4 Å². The van der Waals surface area contributed by atoms with Crippen LogP contribution in [0, 0.1) is 19.6 Å². The molecule has 0 spiro atoms. The summed E-state index contributed by atoms with van der Waals surface area (Å²) in [7, 11) is 0. The molecule has 0 aliphatic rings. The van der Waals surface area contributed by atoms with Gasteiger partial charge in [-0.05, 0) is 24.6 Å². The minimum absolute atomic E-state index is 0. The molecule has 0 heterocycles. The van der Waals surface area contributed by atoms with Crippen molar-refractivity contribution in [1.82, 2.24) is 0 Å². The fraction of sp³-hybridized carbons (Fsp3) is 0. The predicted molar refractivity (Wildman–Crippen MR) is 97.9 cm³/mol. The van der Waals surface area contributed by atoms with E-state index in [0.717, 1.165) is 22.5 Å². The molecule has 0 saturated carbocycles. The van der Waals surface area contributed by atoms with E-state index >= 15 is 0 Å². The van der Waals surface area contributed by atoms with Crippen molar-refractivity contribution >= 4 is 23.8 Å². The zero-order valence-electron chi connectivity index (χ0n) is 13.3. The number of hydrogen-bond acceptors (Lipinski definition) is 2. The summed E-state index contributed by atoms with van der Waals surface area (Å²) in [6, 6.07) is 29.5. The van der Waals surface area contributed by atoms with Gasteiger partial charge in [0.15, 0.2) is 0 Å². The summed E-state index contributed by atoms with van der Waals surface area (Å²) in [5, 5.41) is 0. The number of rotatable bonds is 4. The van der Waals surface area contributed by atoms with E-state index in [4.69, 9.17) is 0 Å². The van der Waals surface area contributed by atoms with Crippen LogP contribution in [-0.2, 0) is 21.1 Å². The van der Waals surface area contributed by atoms with Crippen LogP contribution in [0.3, 0.4) is 0 Å². The summed E-state index contributed by atoms with van der Waals surface area (Å²) in [5.74, 6) is 0. The number of hydrogen-bond donors (Lipinski definition) is 0. The van der Waals surface area contributed by atoms with Crippen LogP contribution in [0.5, 0.6) is 0 Å². The Morgan fingerprint density at radius 1 is 0.625 bits per heavy atom. The molecule has 0 radical (unpaired) electrons. The summed E-state index contributed by atoms with van der Waals surface area (Å²) < 4.78 is 0. The first-order valence-electron chi connectivity index (χ1n) is 7.02. The van der Waals surface area contributed by atoms with E-state index in [1.165, 1.54) is 0 Å². The average Bonchev–Trinajstić information content (AvgIpc) is 2.61. The fourth-order valence-electron chi connectivity index (χ4n) is 1.94. The summed E-state index contributed by atoms with van der Waals surface area (Å²) in [6.07, 6.45) is 3.59. The Labute approximate surface area is 158 Å². The quantitative estimate of drug-likeness (QED) is 0.352. The van der Waals surface area contributed by atoms with Gasteiger partial charge in [0, 0.05) is 21.1 Å². The Bertz CT molecular complexity index is 713. The van der Waals surface area contributed by atoms with Gasteiger partial charge in [0.1, 0.15) is 0 Å². The Hall–Kier alpha value is -2.31. The average molecular weight is 492 g/mol. The molecule has 0 aliphatic heterocycles. The molecule has 2 nitrogen and oxygen atoms in total. The fourth-order valence-corrected chi connectivity index (χ4v) is 1.94. The van der Waals surface area contributed by atoms with Crippen molar-refractivity contribution in [3.8, 4) is 0 Å². The van der Waals surface area contributed by atoms with Crippen LogP contribution in [0.1, 0.15) is 11.1 Å². The van der Waals surface area contributed by atoms with Gasteiger partial charge in [-0.15, -0.1) is 71.8 Å². The van der Waals surface area contributed by atoms with Gasteiger partial charge >= 0.3 is 0 Å². The van der Waals surface area contributed by atoms with E-state index in [2.05, 4.69) is 22.1 Å². The second-order valence-electron chi connectivity index (χ2n) is 4.64. The topological polar surface area (TPSA) is 24.7 Å². The molecule has 0 amide bonds. The largest absolute Gasteiger partial charge is 0.358 e. The minimum atomic E-state index is 0. The van der Waals surface area contributed by atoms with Crippen LogP contribution in [0.2, 0.25) is 0 Å². The third kappa shape index (κ3) is 5.71. The van der Waals surface area contributed by atoms with E-state index in [9.17, 15) is 0 Å². The first-order valence-corrected chi connectivity index (χ1v) is 7.02.